The Bertz CT molecular complexity index is 116. The lowest BCUT2D eigenvalue weighted by Crippen LogP contribution is -1.94. The lowest BCUT2D eigenvalue weighted by molar-refractivity contribution is 0.213. The lowest BCUT2D eigenvalue weighted by atomic mass is 10.3. The highest BCUT2D eigenvalue weighted by atomic mass is 16.5. The summed E-state index contributed by atoms with van der Waals surface area (Å²) in [7, 11) is 0. The predicted octanol–water partition coefficient (Wildman–Crippen LogP) is 1.84. The minimum absolute atomic E-state index is 1.01. The second kappa shape index (κ2) is 5.38. The van der Waals surface area contributed by atoms with Gasteiger partial charge in [0.25, 0.3) is 0 Å². The Morgan fingerprint density at radius 1 is 1.67 bits per heavy atom. The molecule has 0 saturated heterocycles. The average Bonchev–Trinajstić information content (AvgIpc) is 1.85. The van der Waals surface area contributed by atoms with E-state index < -0.39 is 0 Å². The predicted molar refractivity (Wildman–Crippen MR) is 38.1 cm³/mol. The van der Waals surface area contributed by atoms with Crippen molar-refractivity contribution in [3.63, 3.8) is 0 Å². The van der Waals surface area contributed by atoms with Gasteiger partial charge >= 0.3 is 0 Å². The zero-order chi connectivity index (χ0) is 7.11. The van der Waals surface area contributed by atoms with Crippen LogP contribution in [-0.2, 0) is 0 Å². The third-order valence-electron chi connectivity index (χ3n) is 0.909. The van der Waals surface area contributed by atoms with Gasteiger partial charge in [-0.05, 0) is 18.9 Å². The van der Waals surface area contributed by atoms with Crippen LogP contribution in [0.15, 0.2) is 23.9 Å². The number of allylic oxidation sites excluding steroid dienone is 3. The molecule has 0 aromatic rings. The van der Waals surface area contributed by atoms with Crippen LogP contribution in [-0.4, -0.2) is 5.21 Å². The van der Waals surface area contributed by atoms with Gasteiger partial charge in [-0.1, -0.05) is 19.1 Å². The van der Waals surface area contributed by atoms with E-state index in [1.165, 1.54) is 6.20 Å². The van der Waals surface area contributed by atoms with Crippen LogP contribution in [0.5, 0.6) is 0 Å². The van der Waals surface area contributed by atoms with E-state index in [2.05, 4.69) is 6.92 Å². The van der Waals surface area contributed by atoms with E-state index in [1.54, 1.807) is 0 Å². The molecule has 0 bridgehead atoms. The van der Waals surface area contributed by atoms with E-state index in [0.29, 0.717) is 0 Å². The topological polar surface area (TPSA) is 32.3 Å². The van der Waals surface area contributed by atoms with Crippen molar-refractivity contribution in [2.75, 3.05) is 0 Å². The van der Waals surface area contributed by atoms with E-state index >= 15 is 0 Å². The summed E-state index contributed by atoms with van der Waals surface area (Å²) in [5, 5.41) is 8.18. The van der Waals surface area contributed by atoms with Crippen LogP contribution in [0.2, 0.25) is 0 Å². The van der Waals surface area contributed by atoms with Gasteiger partial charge in [0, 0.05) is 6.20 Å². The standard InChI is InChI=1S/C7H13NO/c1-3-4-5-7(2)6-8-9/h4-6,8-9H,3H2,1-2H3/b5-4-,7-6-. The molecule has 0 amide bonds. The smallest absolute Gasteiger partial charge is 0.0269 e. The molecular formula is C7H13NO. The Morgan fingerprint density at radius 2 is 2.33 bits per heavy atom. The first-order valence-corrected chi connectivity index (χ1v) is 3.04. The molecule has 9 heavy (non-hydrogen) atoms. The quantitative estimate of drug-likeness (QED) is 0.448. The zero-order valence-corrected chi connectivity index (χ0v) is 5.89. The Morgan fingerprint density at radius 3 is 2.78 bits per heavy atom. The molecule has 0 spiro atoms. The highest BCUT2D eigenvalue weighted by Crippen LogP contribution is 1.92. The highest BCUT2D eigenvalue weighted by molar-refractivity contribution is 5.13. The molecule has 0 aromatic heterocycles. The van der Waals surface area contributed by atoms with Crippen molar-refractivity contribution in [1.82, 2.24) is 5.48 Å². The highest BCUT2D eigenvalue weighted by Gasteiger charge is 1.75. The van der Waals surface area contributed by atoms with Crippen LogP contribution in [0.4, 0.5) is 0 Å². The maximum Gasteiger partial charge on any atom is 0.0269 e. The van der Waals surface area contributed by atoms with E-state index in [-0.39, 0.29) is 0 Å². The normalized spacial score (nSPS) is 12.6. The molecule has 52 valence electrons. The molecule has 0 fully saturated rings. The molecule has 0 aromatic carbocycles. The number of nitrogens with one attached hydrogen (secondary N) is 1. The van der Waals surface area contributed by atoms with E-state index in [0.717, 1.165) is 12.0 Å². The SMILES string of the molecule is CC/C=C\C(C)=C/NO. The molecule has 0 atom stereocenters. The first-order chi connectivity index (χ1) is 4.31. The van der Waals surface area contributed by atoms with Crippen molar-refractivity contribution in [2.24, 2.45) is 0 Å². The van der Waals surface area contributed by atoms with Crippen LogP contribution in [0.1, 0.15) is 20.3 Å². The molecule has 2 heteroatoms. The molecule has 0 saturated carbocycles. The fourth-order valence-electron chi connectivity index (χ4n) is 0.454. The van der Waals surface area contributed by atoms with Crippen molar-refractivity contribution in [3.05, 3.63) is 23.9 Å². The maximum atomic E-state index is 8.18. The van der Waals surface area contributed by atoms with Crippen LogP contribution >= 0.6 is 0 Å². The molecule has 0 radical (unpaired) electrons. The van der Waals surface area contributed by atoms with Gasteiger partial charge in [0.2, 0.25) is 0 Å². The van der Waals surface area contributed by atoms with Gasteiger partial charge < -0.3 is 0 Å². The molecule has 2 N–H and O–H groups in total. The first-order valence-electron chi connectivity index (χ1n) is 3.04. The molecule has 0 aliphatic rings. The van der Waals surface area contributed by atoms with E-state index in [9.17, 15) is 0 Å². The van der Waals surface area contributed by atoms with E-state index in [1.807, 2.05) is 24.6 Å². The van der Waals surface area contributed by atoms with Crippen molar-refractivity contribution < 1.29 is 5.21 Å². The summed E-state index contributed by atoms with van der Waals surface area (Å²) >= 11 is 0. The largest absolute Gasteiger partial charge is 0.292 e. The third-order valence-corrected chi connectivity index (χ3v) is 0.909. The number of hydroxylamine groups is 1. The molecular weight excluding hydrogens is 114 g/mol. The summed E-state index contributed by atoms with van der Waals surface area (Å²) in [6.45, 7) is 3.98. The fourth-order valence-corrected chi connectivity index (χ4v) is 0.454. The van der Waals surface area contributed by atoms with Gasteiger partial charge in [-0.25, -0.2) is 0 Å². The Kier molecular flexibility index (Phi) is 4.92. The molecule has 0 aliphatic heterocycles. The van der Waals surface area contributed by atoms with Crippen molar-refractivity contribution in [3.8, 4) is 0 Å². The minimum Gasteiger partial charge on any atom is -0.292 e. The summed E-state index contributed by atoms with van der Waals surface area (Å²) in [6.07, 6.45) is 6.54. The summed E-state index contributed by atoms with van der Waals surface area (Å²) in [6, 6.07) is 0. The number of hydrogen-bond acceptors (Lipinski definition) is 2. The van der Waals surface area contributed by atoms with Gasteiger partial charge in [0.15, 0.2) is 0 Å². The molecule has 2 nitrogen and oxygen atoms in total. The van der Waals surface area contributed by atoms with E-state index in [4.69, 9.17) is 5.21 Å². The second-order valence-electron chi connectivity index (χ2n) is 1.83. The van der Waals surface area contributed by atoms with Crippen molar-refractivity contribution in [1.29, 1.82) is 0 Å². The first kappa shape index (κ1) is 8.24. The van der Waals surface area contributed by atoms with Crippen molar-refractivity contribution in [2.45, 2.75) is 20.3 Å². The number of hydrogen-bond donors (Lipinski definition) is 2. The van der Waals surface area contributed by atoms with Gasteiger partial charge in [-0.15, -0.1) is 0 Å². The van der Waals surface area contributed by atoms with Crippen LogP contribution in [0.3, 0.4) is 0 Å². The summed E-state index contributed by atoms with van der Waals surface area (Å²) in [5.41, 5.74) is 2.98. The van der Waals surface area contributed by atoms with Crippen molar-refractivity contribution >= 4 is 0 Å². The summed E-state index contributed by atoms with van der Waals surface area (Å²) in [5.74, 6) is 0. The molecule has 0 rings (SSSR count). The fraction of sp³-hybridized carbons (Fsp3) is 0.429. The summed E-state index contributed by atoms with van der Waals surface area (Å²) in [4.78, 5) is 0. The Labute approximate surface area is 55.8 Å². The Balaban J connectivity index is 3.60. The van der Waals surface area contributed by atoms with Gasteiger partial charge in [0.1, 0.15) is 0 Å². The van der Waals surface area contributed by atoms with Gasteiger partial charge in [-0.3, -0.25) is 10.7 Å². The average molecular weight is 127 g/mol. The third kappa shape index (κ3) is 5.11. The van der Waals surface area contributed by atoms with Gasteiger partial charge in [-0.2, -0.15) is 0 Å². The van der Waals surface area contributed by atoms with Crippen LogP contribution in [0, 0.1) is 0 Å². The maximum absolute atomic E-state index is 8.18. The number of rotatable bonds is 3. The molecule has 0 heterocycles. The minimum atomic E-state index is 1.01. The molecule has 0 aliphatic carbocycles. The monoisotopic (exact) mass is 127 g/mol. The lowest BCUT2D eigenvalue weighted by Gasteiger charge is -1.88. The van der Waals surface area contributed by atoms with Crippen LogP contribution in [0.25, 0.3) is 0 Å². The Hall–Kier alpha value is -0.760. The zero-order valence-electron chi connectivity index (χ0n) is 5.89. The van der Waals surface area contributed by atoms with Gasteiger partial charge in [0.05, 0.1) is 0 Å². The second-order valence-corrected chi connectivity index (χ2v) is 1.83. The van der Waals surface area contributed by atoms with Crippen LogP contribution < -0.4 is 5.48 Å². The summed E-state index contributed by atoms with van der Waals surface area (Å²) < 4.78 is 0. The molecule has 0 unspecified atom stereocenters.